The molecule has 0 heterocycles. The first-order valence-corrected chi connectivity index (χ1v) is 8.11. The van der Waals surface area contributed by atoms with E-state index in [0.29, 0.717) is 5.02 Å². The summed E-state index contributed by atoms with van der Waals surface area (Å²) in [6, 6.07) is 9.04. The van der Waals surface area contributed by atoms with Crippen LogP contribution in [0, 0.1) is 10.1 Å². The minimum absolute atomic E-state index is 0.0864. The maximum Gasteiger partial charge on any atom is 0.269 e. The second kappa shape index (κ2) is 6.12. The van der Waals surface area contributed by atoms with Crippen LogP contribution < -0.4 is 4.31 Å². The zero-order valence-electron chi connectivity index (χ0n) is 11.2. The fourth-order valence-corrected chi connectivity index (χ4v) is 3.42. The fourth-order valence-electron chi connectivity index (χ4n) is 1.75. The third kappa shape index (κ3) is 3.16. The number of hydrogen-bond acceptors (Lipinski definition) is 4. The number of hydrogen-bond donors (Lipinski definition) is 0. The summed E-state index contributed by atoms with van der Waals surface area (Å²) in [5, 5.41) is 11.2. The van der Waals surface area contributed by atoms with E-state index in [2.05, 4.69) is 0 Å². The minimum Gasteiger partial charge on any atom is -0.268 e. The van der Waals surface area contributed by atoms with Crippen LogP contribution in [0.1, 0.15) is 0 Å². The molecule has 2 aromatic carbocycles. The number of non-ortho nitro benzene ring substituents is 1. The second-order valence-corrected chi connectivity index (χ2v) is 7.13. The molecule has 0 amide bonds. The smallest absolute Gasteiger partial charge is 0.268 e. The Kier molecular flexibility index (Phi) is 4.60. The molecule has 6 nitrogen and oxygen atoms in total. The van der Waals surface area contributed by atoms with E-state index in [9.17, 15) is 18.5 Å². The van der Waals surface area contributed by atoms with Gasteiger partial charge in [0, 0.05) is 24.2 Å². The second-order valence-electron chi connectivity index (χ2n) is 4.32. The predicted octanol–water partition coefficient (Wildman–Crippen LogP) is 3.73. The van der Waals surface area contributed by atoms with E-state index in [1.807, 2.05) is 0 Å². The van der Waals surface area contributed by atoms with Gasteiger partial charge < -0.3 is 0 Å². The lowest BCUT2D eigenvalue weighted by molar-refractivity contribution is -0.384. The molecule has 0 saturated heterocycles. The average molecular weight is 361 g/mol. The van der Waals surface area contributed by atoms with Crippen molar-refractivity contribution in [2.75, 3.05) is 11.4 Å². The molecule has 22 heavy (non-hydrogen) atoms. The lowest BCUT2D eigenvalue weighted by Crippen LogP contribution is -2.26. The van der Waals surface area contributed by atoms with Crippen LogP contribution in [0.2, 0.25) is 10.0 Å². The van der Waals surface area contributed by atoms with Crippen molar-refractivity contribution in [1.29, 1.82) is 0 Å². The summed E-state index contributed by atoms with van der Waals surface area (Å²) in [7, 11) is -2.58. The summed E-state index contributed by atoms with van der Waals surface area (Å²) in [5.74, 6) is 0. The maximum absolute atomic E-state index is 12.5. The Labute approximate surface area is 137 Å². The highest BCUT2D eigenvalue weighted by molar-refractivity contribution is 7.92. The van der Waals surface area contributed by atoms with Crippen molar-refractivity contribution >= 4 is 44.6 Å². The van der Waals surface area contributed by atoms with Gasteiger partial charge in [0.1, 0.15) is 0 Å². The highest BCUT2D eigenvalue weighted by Crippen LogP contribution is 2.32. The van der Waals surface area contributed by atoms with Gasteiger partial charge in [-0.2, -0.15) is 0 Å². The van der Waals surface area contributed by atoms with Gasteiger partial charge in [-0.25, -0.2) is 8.42 Å². The van der Waals surface area contributed by atoms with Crippen molar-refractivity contribution < 1.29 is 13.3 Å². The predicted molar refractivity (Wildman–Crippen MR) is 85.1 cm³/mol. The molecule has 0 N–H and O–H groups in total. The number of nitro benzene ring substituents is 1. The lowest BCUT2D eigenvalue weighted by atomic mass is 10.3. The SMILES string of the molecule is CN(c1cc(Cl)ccc1Cl)S(=O)(=O)c1ccc([N+](=O)[O-])cc1. The molecule has 0 aliphatic carbocycles. The molecule has 2 rings (SSSR count). The zero-order valence-corrected chi connectivity index (χ0v) is 13.6. The van der Waals surface area contributed by atoms with Crippen LogP contribution in [-0.2, 0) is 10.0 Å². The fraction of sp³-hybridized carbons (Fsp3) is 0.0769. The van der Waals surface area contributed by atoms with E-state index in [-0.39, 0.29) is 21.3 Å². The molecule has 0 fully saturated rings. The van der Waals surface area contributed by atoms with Crippen LogP contribution in [0.3, 0.4) is 0 Å². The first-order chi connectivity index (χ1) is 10.2. The summed E-state index contributed by atoms with van der Waals surface area (Å²) in [6.07, 6.45) is 0. The van der Waals surface area contributed by atoms with Crippen LogP contribution in [0.15, 0.2) is 47.4 Å². The normalized spacial score (nSPS) is 11.2. The lowest BCUT2D eigenvalue weighted by Gasteiger charge is -2.20. The maximum atomic E-state index is 12.5. The first-order valence-electron chi connectivity index (χ1n) is 5.92. The molecular formula is C13H10Cl2N2O4S. The van der Waals surface area contributed by atoms with Gasteiger partial charge >= 0.3 is 0 Å². The Morgan fingerprint density at radius 1 is 1.09 bits per heavy atom. The minimum atomic E-state index is -3.91. The Morgan fingerprint density at radius 2 is 1.68 bits per heavy atom. The number of rotatable bonds is 4. The highest BCUT2D eigenvalue weighted by Gasteiger charge is 2.24. The number of nitrogens with zero attached hydrogens (tertiary/aromatic N) is 2. The Hall–Kier alpha value is -1.83. The van der Waals surface area contributed by atoms with Gasteiger partial charge in [-0.15, -0.1) is 0 Å². The van der Waals surface area contributed by atoms with Gasteiger partial charge in [0.2, 0.25) is 0 Å². The summed E-state index contributed by atoms with van der Waals surface area (Å²) in [6.45, 7) is 0. The molecule has 0 bridgehead atoms. The largest absolute Gasteiger partial charge is 0.269 e. The number of benzene rings is 2. The van der Waals surface area contributed by atoms with Crippen molar-refractivity contribution in [2.45, 2.75) is 4.90 Å². The van der Waals surface area contributed by atoms with Crippen molar-refractivity contribution in [2.24, 2.45) is 0 Å². The third-order valence-electron chi connectivity index (χ3n) is 2.95. The van der Waals surface area contributed by atoms with Gasteiger partial charge in [-0.3, -0.25) is 14.4 Å². The van der Waals surface area contributed by atoms with Crippen LogP contribution in [0.4, 0.5) is 11.4 Å². The van der Waals surface area contributed by atoms with E-state index < -0.39 is 14.9 Å². The van der Waals surface area contributed by atoms with Gasteiger partial charge in [0.15, 0.2) is 0 Å². The topological polar surface area (TPSA) is 80.5 Å². The van der Waals surface area contributed by atoms with Crippen molar-refractivity contribution in [1.82, 2.24) is 0 Å². The molecule has 0 aliphatic rings. The Bertz CT molecular complexity index is 822. The molecular weight excluding hydrogens is 351 g/mol. The molecule has 0 aromatic heterocycles. The molecule has 0 radical (unpaired) electrons. The van der Waals surface area contributed by atoms with Gasteiger partial charge in [0.05, 0.1) is 20.5 Å². The highest BCUT2D eigenvalue weighted by atomic mass is 35.5. The Balaban J connectivity index is 2.45. The van der Waals surface area contributed by atoms with Gasteiger partial charge in [-0.1, -0.05) is 23.2 Å². The quantitative estimate of drug-likeness (QED) is 0.614. The van der Waals surface area contributed by atoms with Crippen LogP contribution in [0.25, 0.3) is 0 Å². The first kappa shape index (κ1) is 16.5. The summed E-state index contributed by atoms with van der Waals surface area (Å²) < 4.78 is 26.0. The monoisotopic (exact) mass is 360 g/mol. The van der Waals surface area contributed by atoms with E-state index >= 15 is 0 Å². The van der Waals surface area contributed by atoms with E-state index in [1.165, 1.54) is 31.3 Å². The van der Waals surface area contributed by atoms with Crippen molar-refractivity contribution in [3.05, 3.63) is 62.6 Å². The van der Waals surface area contributed by atoms with Crippen LogP contribution in [0.5, 0.6) is 0 Å². The summed E-state index contributed by atoms with van der Waals surface area (Å²) in [4.78, 5) is 9.92. The summed E-state index contributed by atoms with van der Waals surface area (Å²) >= 11 is 11.9. The molecule has 0 unspecified atom stereocenters. The molecule has 0 aliphatic heterocycles. The number of nitro groups is 1. The van der Waals surface area contributed by atoms with E-state index in [4.69, 9.17) is 23.2 Å². The van der Waals surface area contributed by atoms with Crippen LogP contribution in [-0.4, -0.2) is 20.4 Å². The van der Waals surface area contributed by atoms with Gasteiger partial charge in [-0.05, 0) is 30.3 Å². The van der Waals surface area contributed by atoms with Gasteiger partial charge in [0.25, 0.3) is 15.7 Å². The average Bonchev–Trinajstić information content (AvgIpc) is 2.49. The zero-order chi connectivity index (χ0) is 16.5. The standard InChI is InChI=1S/C13H10Cl2N2O4S/c1-16(13-8-9(14)2-7-12(13)15)22(20,21)11-5-3-10(4-6-11)17(18)19/h2-8H,1H3. The van der Waals surface area contributed by atoms with E-state index in [0.717, 1.165) is 16.4 Å². The number of anilines is 1. The number of sulfonamides is 1. The van der Waals surface area contributed by atoms with Crippen molar-refractivity contribution in [3.63, 3.8) is 0 Å². The van der Waals surface area contributed by atoms with E-state index in [1.54, 1.807) is 6.07 Å². The molecule has 0 atom stereocenters. The van der Waals surface area contributed by atoms with Crippen molar-refractivity contribution in [3.8, 4) is 0 Å². The Morgan fingerprint density at radius 3 is 2.23 bits per heavy atom. The molecule has 116 valence electrons. The summed E-state index contributed by atoms with van der Waals surface area (Å²) in [5.41, 5.74) is 0.0231. The van der Waals surface area contributed by atoms with Crippen LogP contribution >= 0.6 is 23.2 Å². The molecule has 0 saturated carbocycles. The third-order valence-corrected chi connectivity index (χ3v) is 5.29. The number of halogens is 2. The molecule has 2 aromatic rings. The molecule has 9 heteroatoms. The molecule has 0 spiro atoms.